The van der Waals surface area contributed by atoms with E-state index in [1.807, 2.05) is 20.8 Å². The van der Waals surface area contributed by atoms with Crippen LogP contribution in [0.5, 0.6) is 5.75 Å². The summed E-state index contributed by atoms with van der Waals surface area (Å²) in [6.07, 6.45) is 0. The molecule has 0 unspecified atom stereocenters. The molecule has 0 aliphatic carbocycles. The predicted octanol–water partition coefficient (Wildman–Crippen LogP) is 2.82. The van der Waals surface area contributed by atoms with Gasteiger partial charge in [0.25, 0.3) is 0 Å². The molecule has 0 radical (unpaired) electrons. The summed E-state index contributed by atoms with van der Waals surface area (Å²) >= 11 is 0. The second kappa shape index (κ2) is 4.87. The van der Waals surface area contributed by atoms with Crippen molar-refractivity contribution in [2.75, 3.05) is 5.32 Å². The summed E-state index contributed by atoms with van der Waals surface area (Å²) in [5.41, 5.74) is 0.198. The quantitative estimate of drug-likeness (QED) is 0.892. The molecule has 1 aromatic heterocycles. The standard InChI is InChI=1S/C13H16FN3O2/c1-13(2,3)11-16-17-12(19-11)15-7-8-5-4-6-9(14)10(8)18/h4-6,18H,7H2,1-3H3,(H,15,17). The first-order valence-electron chi connectivity index (χ1n) is 5.92. The fourth-order valence-corrected chi connectivity index (χ4v) is 1.47. The first-order chi connectivity index (χ1) is 8.88. The van der Waals surface area contributed by atoms with Crippen LogP contribution in [0.2, 0.25) is 0 Å². The van der Waals surface area contributed by atoms with Gasteiger partial charge < -0.3 is 14.8 Å². The maximum absolute atomic E-state index is 13.1. The summed E-state index contributed by atoms with van der Waals surface area (Å²) in [4.78, 5) is 0. The molecule has 0 amide bonds. The number of para-hydroxylation sites is 1. The van der Waals surface area contributed by atoms with Gasteiger partial charge in [0.15, 0.2) is 11.6 Å². The molecule has 1 aromatic carbocycles. The third-order valence-electron chi connectivity index (χ3n) is 2.57. The highest BCUT2D eigenvalue weighted by atomic mass is 19.1. The van der Waals surface area contributed by atoms with E-state index < -0.39 is 5.82 Å². The van der Waals surface area contributed by atoms with E-state index >= 15 is 0 Å². The maximum Gasteiger partial charge on any atom is 0.315 e. The molecule has 1 heterocycles. The number of halogens is 1. The highest BCUT2D eigenvalue weighted by molar-refractivity contribution is 5.36. The Balaban J connectivity index is 2.07. The number of phenols is 1. The minimum Gasteiger partial charge on any atom is -0.505 e. The Morgan fingerprint density at radius 1 is 1.32 bits per heavy atom. The molecule has 2 aromatic rings. The highest BCUT2D eigenvalue weighted by Crippen LogP contribution is 2.24. The van der Waals surface area contributed by atoms with Crippen LogP contribution in [-0.2, 0) is 12.0 Å². The molecule has 2 N–H and O–H groups in total. The molecule has 0 fully saturated rings. The van der Waals surface area contributed by atoms with E-state index in [9.17, 15) is 9.50 Å². The average Bonchev–Trinajstić information content (AvgIpc) is 2.79. The Kier molecular flexibility index (Phi) is 3.42. The van der Waals surface area contributed by atoms with Crippen LogP contribution in [0.1, 0.15) is 32.2 Å². The Bertz CT molecular complexity index is 576. The van der Waals surface area contributed by atoms with Crippen LogP contribution in [0.15, 0.2) is 22.6 Å². The van der Waals surface area contributed by atoms with E-state index in [0.717, 1.165) is 0 Å². The van der Waals surface area contributed by atoms with Gasteiger partial charge in [-0.1, -0.05) is 38.0 Å². The number of nitrogens with one attached hydrogen (secondary N) is 1. The summed E-state index contributed by atoms with van der Waals surface area (Å²) in [7, 11) is 0. The van der Waals surface area contributed by atoms with E-state index in [0.29, 0.717) is 11.5 Å². The van der Waals surface area contributed by atoms with Crippen LogP contribution in [0.3, 0.4) is 0 Å². The van der Waals surface area contributed by atoms with Crippen LogP contribution in [0.4, 0.5) is 10.4 Å². The van der Waals surface area contributed by atoms with Gasteiger partial charge in [0, 0.05) is 17.5 Å². The fraction of sp³-hybridized carbons (Fsp3) is 0.385. The van der Waals surface area contributed by atoms with Gasteiger partial charge in [-0.15, -0.1) is 5.10 Å². The molecular weight excluding hydrogens is 249 g/mol. The summed E-state index contributed by atoms with van der Waals surface area (Å²) < 4.78 is 18.6. The van der Waals surface area contributed by atoms with E-state index in [4.69, 9.17) is 4.42 Å². The van der Waals surface area contributed by atoms with Crippen molar-refractivity contribution in [2.45, 2.75) is 32.7 Å². The van der Waals surface area contributed by atoms with Crippen LogP contribution in [0, 0.1) is 5.82 Å². The monoisotopic (exact) mass is 265 g/mol. The smallest absolute Gasteiger partial charge is 0.315 e. The van der Waals surface area contributed by atoms with Crippen LogP contribution < -0.4 is 5.32 Å². The molecule has 0 bridgehead atoms. The number of rotatable bonds is 3. The van der Waals surface area contributed by atoms with E-state index in [1.54, 1.807) is 6.07 Å². The summed E-state index contributed by atoms with van der Waals surface area (Å²) in [5, 5.41) is 20.2. The van der Waals surface area contributed by atoms with Gasteiger partial charge in [-0.25, -0.2) is 4.39 Å². The van der Waals surface area contributed by atoms with E-state index in [1.165, 1.54) is 12.1 Å². The molecule has 0 aliphatic heterocycles. The summed E-state index contributed by atoms with van der Waals surface area (Å²) in [6.45, 7) is 6.09. The lowest BCUT2D eigenvalue weighted by atomic mass is 9.97. The molecule has 0 atom stereocenters. The van der Waals surface area contributed by atoms with Crippen molar-refractivity contribution in [1.82, 2.24) is 10.2 Å². The lowest BCUT2D eigenvalue weighted by Gasteiger charge is -2.11. The Labute approximate surface area is 110 Å². The molecule has 102 valence electrons. The Morgan fingerprint density at radius 2 is 2.05 bits per heavy atom. The minimum absolute atomic E-state index is 0.204. The topological polar surface area (TPSA) is 71.2 Å². The number of nitrogens with zero attached hydrogens (tertiary/aromatic N) is 2. The van der Waals surface area contributed by atoms with Crippen molar-refractivity contribution < 1.29 is 13.9 Å². The zero-order chi connectivity index (χ0) is 14.0. The third kappa shape index (κ3) is 3.01. The SMILES string of the molecule is CC(C)(C)c1nnc(NCc2cccc(F)c2O)o1. The van der Waals surface area contributed by atoms with Gasteiger partial charge in [0.05, 0.1) is 0 Å². The molecule has 0 saturated carbocycles. The molecule has 2 rings (SSSR count). The zero-order valence-electron chi connectivity index (χ0n) is 11.1. The van der Waals surface area contributed by atoms with Crippen LogP contribution in [0.25, 0.3) is 0 Å². The lowest BCUT2D eigenvalue weighted by molar-refractivity contribution is 0.398. The molecule has 5 nitrogen and oxygen atoms in total. The number of aromatic hydroxyl groups is 1. The second-order valence-corrected chi connectivity index (χ2v) is 5.26. The van der Waals surface area contributed by atoms with Crippen LogP contribution in [-0.4, -0.2) is 15.3 Å². The predicted molar refractivity (Wildman–Crippen MR) is 68.4 cm³/mol. The van der Waals surface area contributed by atoms with Gasteiger partial charge >= 0.3 is 6.01 Å². The molecule has 19 heavy (non-hydrogen) atoms. The van der Waals surface area contributed by atoms with Crippen molar-refractivity contribution in [1.29, 1.82) is 0 Å². The largest absolute Gasteiger partial charge is 0.505 e. The molecule has 0 aliphatic rings. The number of hydrogen-bond acceptors (Lipinski definition) is 5. The molecule has 6 heteroatoms. The molecule has 0 spiro atoms. The van der Waals surface area contributed by atoms with Crippen LogP contribution >= 0.6 is 0 Å². The number of benzene rings is 1. The van der Waals surface area contributed by atoms with Gasteiger partial charge in [0.2, 0.25) is 5.89 Å². The first-order valence-corrected chi connectivity index (χ1v) is 5.92. The zero-order valence-corrected chi connectivity index (χ0v) is 11.1. The second-order valence-electron chi connectivity index (χ2n) is 5.26. The summed E-state index contributed by atoms with van der Waals surface area (Å²) in [6, 6.07) is 4.59. The van der Waals surface area contributed by atoms with E-state index in [-0.39, 0.29) is 23.7 Å². The molecular formula is C13H16FN3O2. The Hall–Kier alpha value is -2.11. The van der Waals surface area contributed by atoms with E-state index in [2.05, 4.69) is 15.5 Å². The number of aromatic nitrogens is 2. The van der Waals surface area contributed by atoms with Crippen molar-refractivity contribution in [3.05, 3.63) is 35.5 Å². The lowest BCUT2D eigenvalue weighted by Crippen LogP contribution is -2.11. The Morgan fingerprint density at radius 3 is 2.68 bits per heavy atom. The van der Waals surface area contributed by atoms with Crippen molar-refractivity contribution in [2.24, 2.45) is 0 Å². The van der Waals surface area contributed by atoms with Gasteiger partial charge in [-0.3, -0.25) is 0 Å². The average molecular weight is 265 g/mol. The highest BCUT2D eigenvalue weighted by Gasteiger charge is 2.21. The minimum atomic E-state index is -0.653. The first kappa shape index (κ1) is 13.3. The third-order valence-corrected chi connectivity index (χ3v) is 2.57. The fourth-order valence-electron chi connectivity index (χ4n) is 1.47. The van der Waals surface area contributed by atoms with Crippen molar-refractivity contribution in [3.8, 4) is 5.75 Å². The normalized spacial score (nSPS) is 11.6. The van der Waals surface area contributed by atoms with Gasteiger partial charge in [-0.05, 0) is 6.07 Å². The van der Waals surface area contributed by atoms with Gasteiger partial charge in [0.1, 0.15) is 0 Å². The van der Waals surface area contributed by atoms with Crippen molar-refractivity contribution in [3.63, 3.8) is 0 Å². The maximum atomic E-state index is 13.1. The number of anilines is 1. The number of phenolic OH excluding ortho intramolecular Hbond substituents is 1. The molecule has 0 saturated heterocycles. The van der Waals surface area contributed by atoms with Gasteiger partial charge in [-0.2, -0.15) is 0 Å². The summed E-state index contributed by atoms with van der Waals surface area (Å²) in [5.74, 6) is -0.510. The van der Waals surface area contributed by atoms with Crippen molar-refractivity contribution >= 4 is 6.01 Å². The number of hydrogen-bond donors (Lipinski definition) is 2.